The van der Waals surface area contributed by atoms with Gasteiger partial charge in [-0.3, -0.25) is 9.36 Å². The van der Waals surface area contributed by atoms with Crippen LogP contribution in [-0.4, -0.2) is 43.5 Å². The van der Waals surface area contributed by atoms with Crippen molar-refractivity contribution in [1.29, 1.82) is 0 Å². The van der Waals surface area contributed by atoms with Crippen molar-refractivity contribution in [3.63, 3.8) is 0 Å². The molecule has 160 valence electrons. The molecule has 0 N–H and O–H groups in total. The zero-order valence-corrected chi connectivity index (χ0v) is 17.0. The van der Waals surface area contributed by atoms with Crippen LogP contribution in [0.2, 0.25) is 0 Å². The van der Waals surface area contributed by atoms with Gasteiger partial charge in [0.2, 0.25) is 0 Å². The monoisotopic (exact) mass is 427 g/mol. The van der Waals surface area contributed by atoms with Gasteiger partial charge in [0.15, 0.2) is 5.65 Å². The molecule has 1 aliphatic rings. The predicted molar refractivity (Wildman–Crippen MR) is 110 cm³/mol. The van der Waals surface area contributed by atoms with Crippen LogP contribution in [-0.2, 0) is 13.2 Å². The minimum Gasteiger partial charge on any atom is -0.338 e. The number of halogens is 3. The van der Waals surface area contributed by atoms with Gasteiger partial charge in [0.25, 0.3) is 5.91 Å². The number of rotatable bonds is 2. The minimum absolute atomic E-state index is 0.0226. The van der Waals surface area contributed by atoms with Crippen LogP contribution in [0.4, 0.5) is 13.2 Å². The lowest BCUT2D eigenvalue weighted by atomic mass is 10.1. The molecule has 1 atom stereocenters. The van der Waals surface area contributed by atoms with Gasteiger partial charge in [0.05, 0.1) is 11.1 Å². The molecule has 1 saturated heterocycles. The molecule has 0 radical (unpaired) electrons. The average molecular weight is 427 g/mol. The topological polar surface area (TPSA) is 56.0 Å². The van der Waals surface area contributed by atoms with Gasteiger partial charge >= 0.3 is 6.18 Å². The Kier molecular flexibility index (Phi) is 4.32. The molecule has 2 aromatic carbocycles. The van der Waals surface area contributed by atoms with Gasteiger partial charge in [0.1, 0.15) is 5.52 Å². The fraction of sp³-hybridized carbons (Fsp3) is 0.318. The molecule has 3 heterocycles. The van der Waals surface area contributed by atoms with Crippen LogP contribution in [0.15, 0.2) is 42.5 Å². The number of hydrogen-bond donors (Lipinski definition) is 0. The van der Waals surface area contributed by atoms with Crippen molar-refractivity contribution in [2.45, 2.75) is 19.5 Å². The predicted octanol–water partition coefficient (Wildman–Crippen LogP) is 4.41. The average Bonchev–Trinajstić information content (AvgIpc) is 3.42. The van der Waals surface area contributed by atoms with E-state index in [1.807, 2.05) is 15.5 Å². The first-order valence-electron chi connectivity index (χ1n) is 10.0. The fourth-order valence-electron chi connectivity index (χ4n) is 4.31. The minimum atomic E-state index is -4.40. The molecule has 0 saturated carbocycles. The summed E-state index contributed by atoms with van der Waals surface area (Å²) in [6, 6.07) is 10.4. The third-order valence-corrected chi connectivity index (χ3v) is 5.91. The Morgan fingerprint density at radius 2 is 1.87 bits per heavy atom. The van der Waals surface area contributed by atoms with Crippen molar-refractivity contribution in [2.75, 3.05) is 13.1 Å². The Balaban J connectivity index is 1.65. The highest BCUT2D eigenvalue weighted by Crippen LogP contribution is 2.34. The smallest absolute Gasteiger partial charge is 0.338 e. The second-order valence-corrected chi connectivity index (χ2v) is 8.14. The maximum absolute atomic E-state index is 13.0. The van der Waals surface area contributed by atoms with Crippen LogP contribution in [0, 0.1) is 5.92 Å². The number of fused-ring (bicyclic) bond motifs is 3. The van der Waals surface area contributed by atoms with Gasteiger partial charge in [-0.2, -0.15) is 13.2 Å². The van der Waals surface area contributed by atoms with Crippen LogP contribution < -0.4 is 0 Å². The third kappa shape index (κ3) is 3.15. The van der Waals surface area contributed by atoms with Crippen LogP contribution >= 0.6 is 0 Å². The number of carbonyl (C=O) groups is 1. The van der Waals surface area contributed by atoms with E-state index in [1.165, 1.54) is 12.1 Å². The van der Waals surface area contributed by atoms with Crippen LogP contribution in [0.1, 0.15) is 29.3 Å². The van der Waals surface area contributed by atoms with Gasteiger partial charge in [-0.15, -0.1) is 5.10 Å². The lowest BCUT2D eigenvalue weighted by Crippen LogP contribution is -2.28. The Bertz CT molecular complexity index is 1300. The largest absolute Gasteiger partial charge is 0.416 e. The molecule has 9 heteroatoms. The Morgan fingerprint density at radius 1 is 1.13 bits per heavy atom. The summed E-state index contributed by atoms with van der Waals surface area (Å²) < 4.78 is 42.4. The molecule has 5 rings (SSSR count). The zero-order chi connectivity index (χ0) is 21.9. The molecule has 0 aliphatic carbocycles. The quantitative estimate of drug-likeness (QED) is 0.476. The maximum Gasteiger partial charge on any atom is 0.416 e. The lowest BCUT2D eigenvalue weighted by molar-refractivity contribution is -0.137. The number of benzene rings is 2. The van der Waals surface area contributed by atoms with Gasteiger partial charge in [-0.25, -0.2) is 4.68 Å². The third-order valence-electron chi connectivity index (χ3n) is 5.91. The second kappa shape index (κ2) is 6.83. The summed E-state index contributed by atoms with van der Waals surface area (Å²) in [5, 5.41) is 9.06. The number of likely N-dealkylation sites (tertiary alicyclic amines) is 1. The number of aromatic nitrogens is 4. The Morgan fingerprint density at radius 3 is 2.52 bits per heavy atom. The van der Waals surface area contributed by atoms with E-state index in [4.69, 9.17) is 0 Å². The Labute approximate surface area is 175 Å². The molecule has 1 amide bonds. The van der Waals surface area contributed by atoms with Crippen molar-refractivity contribution in [1.82, 2.24) is 24.5 Å². The summed E-state index contributed by atoms with van der Waals surface area (Å²) in [4.78, 5) is 14.8. The number of alkyl halides is 3. The highest BCUT2D eigenvalue weighted by Gasteiger charge is 2.30. The highest BCUT2D eigenvalue weighted by molar-refractivity contribution is 6.09. The SMILES string of the molecule is C[C@@H]1CCN(C(=O)c2ccc3c(c2)c2nnn(C)c2n3-c2ccc(C(F)(F)F)cc2)C1. The number of carbonyl (C=O) groups excluding carboxylic acids is 1. The first kappa shape index (κ1) is 19.6. The molecule has 1 aliphatic heterocycles. The van der Waals surface area contributed by atoms with Crippen molar-refractivity contribution >= 4 is 28.0 Å². The summed E-state index contributed by atoms with van der Waals surface area (Å²) in [6.45, 7) is 3.61. The fourth-order valence-corrected chi connectivity index (χ4v) is 4.31. The van der Waals surface area contributed by atoms with Crippen molar-refractivity contribution in [3.8, 4) is 5.69 Å². The lowest BCUT2D eigenvalue weighted by Gasteiger charge is -2.16. The number of aryl methyl sites for hydroxylation is 1. The van der Waals surface area contributed by atoms with Crippen LogP contribution in [0.25, 0.3) is 27.8 Å². The van der Waals surface area contributed by atoms with Crippen LogP contribution in [0.5, 0.6) is 0 Å². The van der Waals surface area contributed by atoms with Gasteiger partial charge in [-0.1, -0.05) is 12.1 Å². The molecule has 0 bridgehead atoms. The molecule has 4 aromatic rings. The molecule has 6 nitrogen and oxygen atoms in total. The van der Waals surface area contributed by atoms with E-state index in [2.05, 4.69) is 17.2 Å². The van der Waals surface area contributed by atoms with Gasteiger partial charge < -0.3 is 4.90 Å². The van der Waals surface area contributed by atoms with Gasteiger partial charge in [-0.05, 0) is 54.8 Å². The molecule has 0 spiro atoms. The second-order valence-electron chi connectivity index (χ2n) is 8.14. The first-order chi connectivity index (χ1) is 14.7. The van der Waals surface area contributed by atoms with E-state index in [0.29, 0.717) is 28.3 Å². The van der Waals surface area contributed by atoms with Crippen molar-refractivity contribution < 1.29 is 18.0 Å². The first-order valence-corrected chi connectivity index (χ1v) is 10.0. The summed E-state index contributed by atoms with van der Waals surface area (Å²) >= 11 is 0. The van der Waals surface area contributed by atoms with E-state index < -0.39 is 11.7 Å². The number of hydrogen-bond acceptors (Lipinski definition) is 3. The molecule has 0 unspecified atom stereocenters. The van der Waals surface area contributed by atoms with Gasteiger partial charge in [0, 0.05) is 36.8 Å². The van der Waals surface area contributed by atoms with Crippen molar-refractivity contribution in [2.24, 2.45) is 13.0 Å². The van der Waals surface area contributed by atoms with E-state index in [1.54, 1.807) is 23.9 Å². The number of amides is 1. The standard InChI is InChI=1S/C22H20F3N5O/c1-13-9-10-29(12-13)21(31)14-3-8-18-17(11-14)19-20(28(2)27-26-19)30(18)16-6-4-15(5-7-16)22(23,24)25/h3-8,11,13H,9-10,12H2,1-2H3/t13-/m1/s1. The van der Waals surface area contributed by atoms with Crippen LogP contribution in [0.3, 0.4) is 0 Å². The molecule has 31 heavy (non-hydrogen) atoms. The summed E-state index contributed by atoms with van der Waals surface area (Å²) in [5.74, 6) is 0.464. The highest BCUT2D eigenvalue weighted by atomic mass is 19.4. The maximum atomic E-state index is 13.0. The Hall–Kier alpha value is -3.36. The number of nitrogens with zero attached hydrogens (tertiary/aromatic N) is 5. The molecular weight excluding hydrogens is 407 g/mol. The van der Waals surface area contributed by atoms with E-state index in [-0.39, 0.29) is 5.91 Å². The van der Waals surface area contributed by atoms with E-state index in [9.17, 15) is 18.0 Å². The summed E-state index contributed by atoms with van der Waals surface area (Å²) in [7, 11) is 1.73. The molecular formula is C22H20F3N5O. The van der Waals surface area contributed by atoms with E-state index in [0.717, 1.165) is 42.5 Å². The van der Waals surface area contributed by atoms with Crippen molar-refractivity contribution in [3.05, 3.63) is 53.6 Å². The normalized spacial score (nSPS) is 17.2. The summed E-state index contributed by atoms with van der Waals surface area (Å²) in [6.07, 6.45) is -3.41. The van der Waals surface area contributed by atoms with E-state index >= 15 is 0 Å². The molecule has 1 fully saturated rings. The summed E-state index contributed by atoms with van der Waals surface area (Å²) in [5.41, 5.74) is 2.42. The zero-order valence-electron chi connectivity index (χ0n) is 17.0. The molecule has 2 aromatic heterocycles.